The average Bonchev–Trinajstić information content (AvgIpc) is 3.04. The normalized spacial score (nSPS) is 25.7. The van der Waals surface area contributed by atoms with Gasteiger partial charge in [-0.2, -0.15) is 5.10 Å². The molecule has 0 spiro atoms. The number of rotatable bonds is 6. The molecule has 4 aliphatic carbocycles. The number of benzene rings is 3. The SMILES string of the molecule is O=c1c(=NNc2ccccc2)c(=O)n(-c2ccccc2)c2ccccc2n1CCC1C2CC3CC(C2)CC1C3. The number of hydrogen-bond donors (Lipinski definition) is 1. The Hall–Kier alpha value is -3.93. The molecular formula is C33H34N4O2. The molecule has 0 amide bonds. The zero-order valence-electron chi connectivity index (χ0n) is 22.1. The third-order valence-electron chi connectivity index (χ3n) is 9.46. The largest absolute Gasteiger partial charge is 0.305 e. The zero-order chi connectivity index (χ0) is 26.3. The van der Waals surface area contributed by atoms with Gasteiger partial charge in [-0.25, -0.2) is 0 Å². The van der Waals surface area contributed by atoms with E-state index in [0.29, 0.717) is 23.7 Å². The van der Waals surface area contributed by atoms with Gasteiger partial charge in [0, 0.05) is 12.2 Å². The molecule has 0 radical (unpaired) electrons. The molecule has 1 N–H and O–H groups in total. The Morgan fingerprint density at radius 2 is 1.28 bits per heavy atom. The number of nitrogens with zero attached hydrogens (tertiary/aromatic N) is 3. The molecule has 0 atom stereocenters. The van der Waals surface area contributed by atoms with Crippen LogP contribution in [0.3, 0.4) is 0 Å². The minimum atomic E-state index is -0.431. The second-order valence-corrected chi connectivity index (χ2v) is 11.7. The number of aryl methyl sites for hydroxylation is 1. The summed E-state index contributed by atoms with van der Waals surface area (Å²) in [7, 11) is 0. The van der Waals surface area contributed by atoms with Gasteiger partial charge in [0.05, 0.1) is 16.7 Å². The maximum absolute atomic E-state index is 14.2. The van der Waals surface area contributed by atoms with Crippen LogP contribution in [0.15, 0.2) is 99.6 Å². The minimum Gasteiger partial charge on any atom is -0.305 e. The van der Waals surface area contributed by atoms with Gasteiger partial charge in [0.1, 0.15) is 0 Å². The van der Waals surface area contributed by atoms with Crippen LogP contribution in [0.25, 0.3) is 16.7 Å². The number of hydrogen-bond acceptors (Lipinski definition) is 4. The third kappa shape index (κ3) is 4.42. The van der Waals surface area contributed by atoms with Gasteiger partial charge < -0.3 is 4.57 Å². The molecule has 4 fully saturated rings. The first kappa shape index (κ1) is 24.1. The van der Waals surface area contributed by atoms with E-state index in [0.717, 1.165) is 41.3 Å². The van der Waals surface area contributed by atoms with Gasteiger partial charge in [-0.3, -0.25) is 19.6 Å². The Kier molecular flexibility index (Phi) is 6.18. The standard InChI is InChI=1S/C33H34N4O2/c38-32-31(35-34-26-9-3-1-4-10-26)33(39)37(27-11-5-2-6-12-27)30-14-8-7-13-29(30)36(32)16-15-28-24-18-22-17-23(20-24)21-25(28)19-22/h1-14,22-25,28,34H,15-21H2. The van der Waals surface area contributed by atoms with Gasteiger partial charge in [-0.15, -0.1) is 0 Å². The second kappa shape index (κ2) is 9.99. The van der Waals surface area contributed by atoms with E-state index in [1.54, 1.807) is 4.57 Å². The lowest BCUT2D eigenvalue weighted by Crippen LogP contribution is -2.47. The predicted octanol–water partition coefficient (Wildman–Crippen LogP) is 5.54. The van der Waals surface area contributed by atoms with Crippen LogP contribution < -0.4 is 21.9 Å². The number of para-hydroxylation sites is 4. The molecule has 8 rings (SSSR count). The van der Waals surface area contributed by atoms with Crippen LogP contribution in [0.4, 0.5) is 5.69 Å². The molecule has 198 valence electrons. The van der Waals surface area contributed by atoms with E-state index in [1.807, 2.05) is 89.5 Å². The van der Waals surface area contributed by atoms with Gasteiger partial charge in [-0.05, 0) is 105 Å². The molecule has 4 bridgehead atoms. The average molecular weight is 519 g/mol. The summed E-state index contributed by atoms with van der Waals surface area (Å²) < 4.78 is 3.44. The molecule has 4 aromatic rings. The first-order valence-electron chi connectivity index (χ1n) is 14.3. The molecule has 0 unspecified atom stereocenters. The number of anilines is 1. The van der Waals surface area contributed by atoms with Crippen molar-refractivity contribution in [3.8, 4) is 5.69 Å². The molecule has 3 aromatic carbocycles. The fourth-order valence-corrected chi connectivity index (χ4v) is 8.00. The van der Waals surface area contributed by atoms with E-state index in [9.17, 15) is 9.59 Å². The maximum Gasteiger partial charge on any atom is 0.289 e. The van der Waals surface area contributed by atoms with Crippen LogP contribution in [0.5, 0.6) is 0 Å². The van der Waals surface area contributed by atoms with Gasteiger partial charge in [0.15, 0.2) is 0 Å². The third-order valence-corrected chi connectivity index (χ3v) is 9.46. The van der Waals surface area contributed by atoms with Crippen molar-refractivity contribution in [1.82, 2.24) is 9.13 Å². The summed E-state index contributed by atoms with van der Waals surface area (Å²) >= 11 is 0. The van der Waals surface area contributed by atoms with Crippen molar-refractivity contribution >= 4 is 16.7 Å². The van der Waals surface area contributed by atoms with E-state index in [-0.39, 0.29) is 10.9 Å². The van der Waals surface area contributed by atoms with Crippen LogP contribution >= 0.6 is 0 Å². The van der Waals surface area contributed by atoms with Gasteiger partial charge in [-0.1, -0.05) is 48.5 Å². The first-order valence-corrected chi connectivity index (χ1v) is 14.3. The highest BCUT2D eigenvalue weighted by molar-refractivity contribution is 5.76. The Labute approximate surface area is 227 Å². The topological polar surface area (TPSA) is 68.4 Å². The molecule has 0 aliphatic heterocycles. The number of fused-ring (bicyclic) bond motifs is 1. The summed E-state index contributed by atoms with van der Waals surface area (Å²) in [6, 6.07) is 26.7. The summed E-state index contributed by atoms with van der Waals surface area (Å²) in [5.74, 6) is 4.07. The van der Waals surface area contributed by atoms with Gasteiger partial charge >= 0.3 is 0 Å². The lowest BCUT2D eigenvalue weighted by molar-refractivity contribution is -0.0410. The quantitative estimate of drug-likeness (QED) is 0.341. The highest BCUT2D eigenvalue weighted by atomic mass is 16.1. The van der Waals surface area contributed by atoms with Crippen molar-refractivity contribution in [2.75, 3.05) is 5.43 Å². The maximum atomic E-state index is 14.2. The van der Waals surface area contributed by atoms with E-state index in [1.165, 1.54) is 32.1 Å². The van der Waals surface area contributed by atoms with E-state index >= 15 is 0 Å². The van der Waals surface area contributed by atoms with Crippen molar-refractivity contribution in [2.24, 2.45) is 34.7 Å². The molecular weight excluding hydrogens is 484 g/mol. The Balaban J connectivity index is 1.39. The molecule has 0 saturated heterocycles. The minimum absolute atomic E-state index is 0.107. The molecule has 4 saturated carbocycles. The van der Waals surface area contributed by atoms with Gasteiger partial charge in [0.25, 0.3) is 11.1 Å². The lowest BCUT2D eigenvalue weighted by Gasteiger charge is -2.54. The summed E-state index contributed by atoms with van der Waals surface area (Å²) in [6.07, 6.45) is 7.83. The van der Waals surface area contributed by atoms with Crippen molar-refractivity contribution in [3.05, 3.63) is 111 Å². The molecule has 1 aromatic heterocycles. The highest BCUT2D eigenvalue weighted by Crippen LogP contribution is 2.57. The Morgan fingerprint density at radius 1 is 0.692 bits per heavy atom. The van der Waals surface area contributed by atoms with Crippen molar-refractivity contribution in [1.29, 1.82) is 0 Å². The summed E-state index contributed by atoms with van der Waals surface area (Å²) in [4.78, 5) is 28.3. The second-order valence-electron chi connectivity index (χ2n) is 11.7. The lowest BCUT2D eigenvalue weighted by atomic mass is 9.51. The molecule has 6 heteroatoms. The molecule has 1 heterocycles. The van der Waals surface area contributed by atoms with E-state index < -0.39 is 5.56 Å². The van der Waals surface area contributed by atoms with Crippen LogP contribution in [0, 0.1) is 29.6 Å². The number of nitrogens with one attached hydrogen (secondary N) is 1. The molecule has 6 nitrogen and oxygen atoms in total. The monoisotopic (exact) mass is 518 g/mol. The summed E-state index contributed by atoms with van der Waals surface area (Å²) in [5, 5.41) is 4.33. The Bertz CT molecular complexity index is 1660. The first-order chi connectivity index (χ1) is 19.2. The number of aromatic nitrogens is 2. The van der Waals surface area contributed by atoms with Crippen LogP contribution in [-0.2, 0) is 6.54 Å². The van der Waals surface area contributed by atoms with Gasteiger partial charge in [0.2, 0.25) is 5.36 Å². The summed E-state index contributed by atoms with van der Waals surface area (Å²) in [6.45, 7) is 0.586. The molecule has 39 heavy (non-hydrogen) atoms. The highest BCUT2D eigenvalue weighted by Gasteiger charge is 2.47. The fraction of sp³-hybridized carbons (Fsp3) is 0.364. The van der Waals surface area contributed by atoms with Crippen LogP contribution in [0.2, 0.25) is 0 Å². The predicted molar refractivity (Wildman–Crippen MR) is 155 cm³/mol. The van der Waals surface area contributed by atoms with E-state index in [2.05, 4.69) is 10.5 Å². The fourth-order valence-electron chi connectivity index (χ4n) is 8.00. The van der Waals surface area contributed by atoms with Crippen molar-refractivity contribution in [3.63, 3.8) is 0 Å². The smallest absolute Gasteiger partial charge is 0.289 e. The van der Waals surface area contributed by atoms with Crippen LogP contribution in [0.1, 0.15) is 38.5 Å². The van der Waals surface area contributed by atoms with Crippen molar-refractivity contribution in [2.45, 2.75) is 45.1 Å². The zero-order valence-corrected chi connectivity index (χ0v) is 22.1. The van der Waals surface area contributed by atoms with E-state index in [4.69, 9.17) is 0 Å². The van der Waals surface area contributed by atoms with Crippen molar-refractivity contribution < 1.29 is 0 Å². The Morgan fingerprint density at radius 3 is 1.95 bits per heavy atom. The molecule has 4 aliphatic rings. The summed E-state index contributed by atoms with van der Waals surface area (Å²) in [5.41, 5.74) is 5.07. The van der Waals surface area contributed by atoms with Crippen LogP contribution in [-0.4, -0.2) is 9.13 Å².